The molecule has 2 nitrogen and oxygen atoms in total. The normalized spacial score (nSPS) is 30.9. The lowest BCUT2D eigenvalue weighted by Crippen LogP contribution is -2.59. The lowest BCUT2D eigenvalue weighted by molar-refractivity contribution is -0.109. The van der Waals surface area contributed by atoms with Crippen molar-refractivity contribution in [2.75, 3.05) is 11.9 Å². The van der Waals surface area contributed by atoms with Crippen LogP contribution in [0.4, 0.5) is 5.69 Å². The van der Waals surface area contributed by atoms with E-state index in [1.54, 1.807) is 0 Å². The van der Waals surface area contributed by atoms with Gasteiger partial charge in [0.05, 0.1) is 16.8 Å². The van der Waals surface area contributed by atoms with Gasteiger partial charge in [-0.3, -0.25) is 0 Å². The Morgan fingerprint density at radius 2 is 2.11 bits per heavy atom. The number of benzene rings is 1. The Balaban J connectivity index is 2.06. The summed E-state index contributed by atoms with van der Waals surface area (Å²) in [5.74, 6) is 0. The molecule has 18 heavy (non-hydrogen) atoms. The highest BCUT2D eigenvalue weighted by molar-refractivity contribution is 6.33. The monoisotopic (exact) mass is 267 g/mol. The van der Waals surface area contributed by atoms with Crippen molar-refractivity contribution in [2.24, 2.45) is 5.41 Å². The average molecular weight is 268 g/mol. The third kappa shape index (κ3) is 2.36. The molecule has 1 aromatic carbocycles. The van der Waals surface area contributed by atoms with Gasteiger partial charge in [0.1, 0.15) is 0 Å². The minimum atomic E-state index is 0.204. The van der Waals surface area contributed by atoms with E-state index in [2.05, 4.69) is 26.1 Å². The zero-order valence-corrected chi connectivity index (χ0v) is 12.1. The molecule has 1 N–H and O–H groups in total. The van der Waals surface area contributed by atoms with E-state index in [0.29, 0.717) is 12.1 Å². The second-order valence-corrected chi connectivity index (χ2v) is 5.62. The van der Waals surface area contributed by atoms with Crippen molar-refractivity contribution in [2.45, 2.75) is 45.8 Å². The standard InChI is InChI=1S/C15H22ClNO/c1-4-15(3)13(10-14(15)18-5-2)17-12-9-7-6-8-11(12)16/h6-9,13-14,17H,4-5,10H2,1-3H3. The van der Waals surface area contributed by atoms with E-state index in [-0.39, 0.29) is 5.41 Å². The fourth-order valence-electron chi connectivity index (χ4n) is 2.74. The molecule has 0 amide bonds. The molecule has 1 saturated carbocycles. The zero-order valence-electron chi connectivity index (χ0n) is 11.4. The van der Waals surface area contributed by atoms with Crippen LogP contribution in [0, 0.1) is 5.41 Å². The maximum atomic E-state index is 6.19. The second-order valence-electron chi connectivity index (χ2n) is 5.22. The van der Waals surface area contributed by atoms with Crippen LogP contribution in [0.25, 0.3) is 0 Å². The molecule has 0 radical (unpaired) electrons. The molecule has 3 atom stereocenters. The summed E-state index contributed by atoms with van der Waals surface area (Å²) in [6, 6.07) is 8.36. The predicted molar refractivity (Wildman–Crippen MR) is 77.3 cm³/mol. The molecule has 0 bridgehead atoms. The van der Waals surface area contributed by atoms with Crippen LogP contribution < -0.4 is 5.32 Å². The first kappa shape index (κ1) is 13.7. The maximum absolute atomic E-state index is 6.19. The molecule has 0 heterocycles. The molecule has 100 valence electrons. The average Bonchev–Trinajstić information content (AvgIpc) is 2.38. The topological polar surface area (TPSA) is 21.3 Å². The molecule has 1 aromatic rings. The second kappa shape index (κ2) is 5.50. The van der Waals surface area contributed by atoms with Gasteiger partial charge in [-0.05, 0) is 31.9 Å². The highest BCUT2D eigenvalue weighted by Crippen LogP contribution is 2.47. The number of nitrogens with one attached hydrogen (secondary N) is 1. The van der Waals surface area contributed by atoms with Crippen LogP contribution in [0.15, 0.2) is 24.3 Å². The fourth-order valence-corrected chi connectivity index (χ4v) is 2.93. The summed E-state index contributed by atoms with van der Waals surface area (Å²) in [7, 11) is 0. The molecule has 0 spiro atoms. The van der Waals surface area contributed by atoms with Gasteiger partial charge in [-0.1, -0.05) is 37.6 Å². The van der Waals surface area contributed by atoms with Gasteiger partial charge in [0.15, 0.2) is 0 Å². The van der Waals surface area contributed by atoms with E-state index in [1.165, 1.54) is 0 Å². The Hall–Kier alpha value is -0.730. The van der Waals surface area contributed by atoms with Gasteiger partial charge in [-0.15, -0.1) is 0 Å². The van der Waals surface area contributed by atoms with Crippen molar-refractivity contribution in [3.63, 3.8) is 0 Å². The molecule has 0 aromatic heterocycles. The SMILES string of the molecule is CCOC1CC(Nc2ccccc2Cl)C1(C)CC. The Morgan fingerprint density at radius 3 is 2.72 bits per heavy atom. The van der Waals surface area contributed by atoms with Crippen LogP contribution >= 0.6 is 11.6 Å². The van der Waals surface area contributed by atoms with Crippen LogP contribution in [-0.2, 0) is 4.74 Å². The number of hydrogen-bond donors (Lipinski definition) is 1. The minimum Gasteiger partial charge on any atom is -0.380 e. The van der Waals surface area contributed by atoms with Crippen molar-refractivity contribution < 1.29 is 4.74 Å². The highest BCUT2D eigenvalue weighted by Gasteiger charge is 2.51. The smallest absolute Gasteiger partial charge is 0.0667 e. The summed E-state index contributed by atoms with van der Waals surface area (Å²) in [4.78, 5) is 0. The van der Waals surface area contributed by atoms with E-state index in [4.69, 9.17) is 16.3 Å². The molecule has 1 fully saturated rings. The molecule has 2 rings (SSSR count). The largest absolute Gasteiger partial charge is 0.380 e. The van der Waals surface area contributed by atoms with E-state index in [0.717, 1.165) is 30.2 Å². The van der Waals surface area contributed by atoms with Gasteiger partial charge >= 0.3 is 0 Å². The number of para-hydroxylation sites is 1. The summed E-state index contributed by atoms with van der Waals surface area (Å²) in [5, 5.41) is 4.35. The number of halogens is 1. The molecule has 1 aliphatic carbocycles. The van der Waals surface area contributed by atoms with Crippen molar-refractivity contribution in [3.05, 3.63) is 29.3 Å². The van der Waals surface area contributed by atoms with Crippen LogP contribution in [0.5, 0.6) is 0 Å². The van der Waals surface area contributed by atoms with Crippen LogP contribution in [0.2, 0.25) is 5.02 Å². The van der Waals surface area contributed by atoms with Crippen molar-refractivity contribution in [1.29, 1.82) is 0 Å². The summed E-state index contributed by atoms with van der Waals surface area (Å²) >= 11 is 6.19. The molecular weight excluding hydrogens is 246 g/mol. The predicted octanol–water partition coefficient (Wildman–Crippen LogP) is 4.35. The first-order valence-electron chi connectivity index (χ1n) is 6.74. The number of rotatable bonds is 5. The lowest BCUT2D eigenvalue weighted by atomic mass is 9.61. The first-order chi connectivity index (χ1) is 8.61. The van der Waals surface area contributed by atoms with E-state index < -0.39 is 0 Å². The van der Waals surface area contributed by atoms with Gasteiger partial charge in [0.25, 0.3) is 0 Å². The van der Waals surface area contributed by atoms with E-state index >= 15 is 0 Å². The number of anilines is 1. The summed E-state index contributed by atoms with van der Waals surface area (Å²) < 4.78 is 5.81. The zero-order chi connectivity index (χ0) is 13.2. The lowest BCUT2D eigenvalue weighted by Gasteiger charge is -2.54. The molecule has 3 unspecified atom stereocenters. The Bertz CT molecular complexity index is 409. The van der Waals surface area contributed by atoms with Gasteiger partial charge in [-0.25, -0.2) is 0 Å². The van der Waals surface area contributed by atoms with Gasteiger partial charge in [0.2, 0.25) is 0 Å². The van der Waals surface area contributed by atoms with E-state index in [9.17, 15) is 0 Å². The van der Waals surface area contributed by atoms with Gasteiger partial charge in [0, 0.05) is 18.1 Å². The summed E-state index contributed by atoms with van der Waals surface area (Å²) in [6.07, 6.45) is 2.54. The van der Waals surface area contributed by atoms with Gasteiger partial charge < -0.3 is 10.1 Å². The molecule has 0 aliphatic heterocycles. The van der Waals surface area contributed by atoms with Crippen LogP contribution in [-0.4, -0.2) is 18.8 Å². The Morgan fingerprint density at radius 1 is 1.39 bits per heavy atom. The Kier molecular flexibility index (Phi) is 4.18. The summed E-state index contributed by atoms with van der Waals surface area (Å²) in [6.45, 7) is 7.38. The molecule has 3 heteroatoms. The van der Waals surface area contributed by atoms with Crippen LogP contribution in [0.3, 0.4) is 0 Å². The number of ether oxygens (including phenoxy) is 1. The fraction of sp³-hybridized carbons (Fsp3) is 0.600. The highest BCUT2D eigenvalue weighted by atomic mass is 35.5. The first-order valence-corrected chi connectivity index (χ1v) is 7.12. The van der Waals surface area contributed by atoms with Crippen LogP contribution in [0.1, 0.15) is 33.6 Å². The molecular formula is C15H22ClNO. The van der Waals surface area contributed by atoms with Crippen molar-refractivity contribution in [1.82, 2.24) is 0 Å². The maximum Gasteiger partial charge on any atom is 0.0667 e. The molecule has 0 saturated heterocycles. The third-order valence-corrected chi connectivity index (χ3v) is 4.64. The Labute approximate surface area is 115 Å². The minimum absolute atomic E-state index is 0.204. The number of hydrogen-bond acceptors (Lipinski definition) is 2. The summed E-state index contributed by atoms with van der Waals surface area (Å²) in [5.41, 5.74) is 1.23. The third-order valence-electron chi connectivity index (χ3n) is 4.31. The van der Waals surface area contributed by atoms with E-state index in [1.807, 2.05) is 24.3 Å². The quantitative estimate of drug-likeness (QED) is 0.857. The van der Waals surface area contributed by atoms with Gasteiger partial charge in [-0.2, -0.15) is 0 Å². The molecule has 1 aliphatic rings. The van der Waals surface area contributed by atoms with Crippen molar-refractivity contribution >= 4 is 17.3 Å². The van der Waals surface area contributed by atoms with Crippen molar-refractivity contribution in [3.8, 4) is 0 Å².